The number of pyridine rings is 1. The Balaban J connectivity index is 2.47. The molecule has 96 valence electrons. The number of rotatable bonds is 2. The standard InChI is InChI=1S/C14H11F2N3/c1-14(15,16)13-5-2-9(8-19-13)12-4-3-11(18)6-10(12)7-17/h2-6,8H,18H2,1H3. The normalized spacial score (nSPS) is 11.1. The van der Waals surface area contributed by atoms with Crippen molar-refractivity contribution in [1.82, 2.24) is 4.98 Å². The Morgan fingerprint density at radius 3 is 2.53 bits per heavy atom. The van der Waals surface area contributed by atoms with Crippen molar-refractivity contribution in [2.75, 3.05) is 5.73 Å². The van der Waals surface area contributed by atoms with Gasteiger partial charge in [-0.3, -0.25) is 4.98 Å². The van der Waals surface area contributed by atoms with Gasteiger partial charge in [0.25, 0.3) is 5.92 Å². The van der Waals surface area contributed by atoms with Crippen molar-refractivity contribution in [1.29, 1.82) is 5.26 Å². The molecule has 0 spiro atoms. The largest absolute Gasteiger partial charge is 0.399 e. The molecule has 0 aliphatic rings. The van der Waals surface area contributed by atoms with Crippen molar-refractivity contribution in [2.45, 2.75) is 12.8 Å². The van der Waals surface area contributed by atoms with Crippen molar-refractivity contribution in [3.8, 4) is 17.2 Å². The number of nitrogens with two attached hydrogens (primary N) is 1. The van der Waals surface area contributed by atoms with E-state index in [0.717, 1.165) is 6.92 Å². The third kappa shape index (κ3) is 2.68. The van der Waals surface area contributed by atoms with Crippen LogP contribution in [0.4, 0.5) is 14.5 Å². The number of aromatic nitrogens is 1. The molecular weight excluding hydrogens is 248 g/mol. The van der Waals surface area contributed by atoms with Gasteiger partial charge in [0.05, 0.1) is 11.6 Å². The minimum Gasteiger partial charge on any atom is -0.399 e. The van der Waals surface area contributed by atoms with Crippen LogP contribution in [-0.2, 0) is 5.92 Å². The topological polar surface area (TPSA) is 62.7 Å². The molecule has 5 heteroatoms. The number of nitrogen functional groups attached to an aromatic ring is 1. The molecule has 0 unspecified atom stereocenters. The van der Waals surface area contributed by atoms with E-state index in [4.69, 9.17) is 11.0 Å². The van der Waals surface area contributed by atoms with Crippen molar-refractivity contribution < 1.29 is 8.78 Å². The van der Waals surface area contributed by atoms with Crippen LogP contribution in [0.1, 0.15) is 18.2 Å². The third-order valence-electron chi connectivity index (χ3n) is 2.69. The van der Waals surface area contributed by atoms with Crippen LogP contribution in [0.2, 0.25) is 0 Å². The summed E-state index contributed by atoms with van der Waals surface area (Å²) in [7, 11) is 0. The Bertz CT molecular complexity index is 637. The zero-order chi connectivity index (χ0) is 14.0. The molecule has 0 atom stereocenters. The van der Waals surface area contributed by atoms with Crippen molar-refractivity contribution >= 4 is 5.69 Å². The Morgan fingerprint density at radius 2 is 2.00 bits per heavy atom. The minimum absolute atomic E-state index is 0.301. The molecule has 2 rings (SSSR count). The van der Waals surface area contributed by atoms with Crippen molar-refractivity contribution in [2.24, 2.45) is 0 Å². The second kappa shape index (κ2) is 4.65. The van der Waals surface area contributed by atoms with Gasteiger partial charge in [-0.25, -0.2) is 0 Å². The summed E-state index contributed by atoms with van der Waals surface area (Å²) in [6.07, 6.45) is 1.33. The second-order valence-corrected chi connectivity index (χ2v) is 4.24. The summed E-state index contributed by atoms with van der Waals surface area (Å²) >= 11 is 0. The average Bonchev–Trinajstić information content (AvgIpc) is 2.37. The molecule has 1 heterocycles. The summed E-state index contributed by atoms with van der Waals surface area (Å²) < 4.78 is 26.1. The maximum absolute atomic E-state index is 13.1. The first-order valence-electron chi connectivity index (χ1n) is 5.56. The second-order valence-electron chi connectivity index (χ2n) is 4.24. The van der Waals surface area contributed by atoms with E-state index in [9.17, 15) is 8.78 Å². The molecule has 0 radical (unpaired) electrons. The molecule has 1 aromatic heterocycles. The monoisotopic (exact) mass is 259 g/mol. The Morgan fingerprint density at radius 1 is 1.26 bits per heavy atom. The van der Waals surface area contributed by atoms with E-state index in [1.54, 1.807) is 12.1 Å². The van der Waals surface area contributed by atoms with E-state index >= 15 is 0 Å². The van der Waals surface area contributed by atoms with Crippen LogP contribution >= 0.6 is 0 Å². The minimum atomic E-state index is -2.97. The molecule has 0 saturated carbocycles. The predicted octanol–water partition coefficient (Wildman–Crippen LogP) is 3.31. The molecule has 2 aromatic rings. The van der Waals surface area contributed by atoms with E-state index in [0.29, 0.717) is 22.4 Å². The van der Waals surface area contributed by atoms with Crippen molar-refractivity contribution in [3.63, 3.8) is 0 Å². The summed E-state index contributed by atoms with van der Waals surface area (Å²) in [6.45, 7) is 0.791. The van der Waals surface area contributed by atoms with Crippen LogP contribution in [0.25, 0.3) is 11.1 Å². The van der Waals surface area contributed by atoms with Crippen LogP contribution in [0.15, 0.2) is 36.5 Å². The number of nitrogens with zero attached hydrogens (tertiary/aromatic N) is 2. The fourth-order valence-corrected chi connectivity index (χ4v) is 1.72. The van der Waals surface area contributed by atoms with Gasteiger partial charge in [0, 0.05) is 29.9 Å². The SMILES string of the molecule is CC(F)(F)c1ccc(-c2ccc(N)cc2C#N)cn1. The maximum atomic E-state index is 13.1. The fourth-order valence-electron chi connectivity index (χ4n) is 1.72. The first-order chi connectivity index (χ1) is 8.91. The molecule has 0 fully saturated rings. The van der Waals surface area contributed by atoms with Gasteiger partial charge in [0.2, 0.25) is 0 Å². The fraction of sp³-hybridized carbons (Fsp3) is 0.143. The zero-order valence-corrected chi connectivity index (χ0v) is 10.2. The highest BCUT2D eigenvalue weighted by Crippen LogP contribution is 2.28. The van der Waals surface area contributed by atoms with Crippen LogP contribution in [0.3, 0.4) is 0 Å². The summed E-state index contributed by atoms with van der Waals surface area (Å²) in [4.78, 5) is 3.73. The molecule has 0 aliphatic heterocycles. The molecule has 0 amide bonds. The van der Waals surface area contributed by atoms with E-state index in [1.165, 1.54) is 24.4 Å². The molecule has 3 nitrogen and oxygen atoms in total. The number of halogens is 2. The lowest BCUT2D eigenvalue weighted by Gasteiger charge is -2.10. The highest BCUT2D eigenvalue weighted by molar-refractivity contribution is 5.72. The van der Waals surface area contributed by atoms with Gasteiger partial charge in [-0.05, 0) is 18.2 Å². The quantitative estimate of drug-likeness (QED) is 0.841. The summed E-state index contributed by atoms with van der Waals surface area (Å²) in [5, 5.41) is 9.04. The summed E-state index contributed by atoms with van der Waals surface area (Å²) in [6, 6.07) is 9.67. The lowest BCUT2D eigenvalue weighted by Crippen LogP contribution is -2.09. The van der Waals surface area contributed by atoms with Gasteiger partial charge in [-0.2, -0.15) is 14.0 Å². The van der Waals surface area contributed by atoms with Gasteiger partial charge < -0.3 is 5.73 Å². The summed E-state index contributed by atoms with van der Waals surface area (Å²) in [5.74, 6) is -2.97. The molecule has 0 aliphatic carbocycles. The lowest BCUT2D eigenvalue weighted by atomic mass is 10.0. The Kier molecular flexibility index (Phi) is 3.17. The van der Waals surface area contributed by atoms with Crippen LogP contribution in [0, 0.1) is 11.3 Å². The van der Waals surface area contributed by atoms with Gasteiger partial charge >= 0.3 is 0 Å². The highest BCUT2D eigenvalue weighted by atomic mass is 19.3. The molecule has 19 heavy (non-hydrogen) atoms. The number of hydrogen-bond donors (Lipinski definition) is 1. The van der Waals surface area contributed by atoms with Gasteiger partial charge in [0.15, 0.2) is 0 Å². The maximum Gasteiger partial charge on any atom is 0.286 e. The van der Waals surface area contributed by atoms with Crippen LogP contribution < -0.4 is 5.73 Å². The number of alkyl halides is 2. The molecule has 0 bridgehead atoms. The Labute approximate surface area is 109 Å². The number of benzene rings is 1. The van der Waals surface area contributed by atoms with Gasteiger partial charge in [-0.15, -0.1) is 0 Å². The van der Waals surface area contributed by atoms with Crippen molar-refractivity contribution in [3.05, 3.63) is 47.8 Å². The smallest absolute Gasteiger partial charge is 0.286 e. The van der Waals surface area contributed by atoms with E-state index in [1.807, 2.05) is 6.07 Å². The van der Waals surface area contributed by atoms with E-state index in [-0.39, 0.29) is 5.69 Å². The molecular formula is C14H11F2N3. The number of hydrogen-bond acceptors (Lipinski definition) is 3. The zero-order valence-electron chi connectivity index (χ0n) is 10.2. The molecule has 1 aromatic carbocycles. The summed E-state index contributed by atoms with van der Waals surface area (Å²) in [5.41, 5.74) is 7.38. The van der Waals surface area contributed by atoms with Gasteiger partial charge in [0.1, 0.15) is 5.69 Å². The molecule has 0 saturated heterocycles. The predicted molar refractivity (Wildman–Crippen MR) is 68.4 cm³/mol. The number of nitriles is 1. The number of anilines is 1. The molecule has 2 N–H and O–H groups in total. The Hall–Kier alpha value is -2.48. The first kappa shape index (κ1) is 13.0. The first-order valence-corrected chi connectivity index (χ1v) is 5.56. The third-order valence-corrected chi connectivity index (χ3v) is 2.69. The lowest BCUT2D eigenvalue weighted by molar-refractivity contribution is 0.0128. The van der Waals surface area contributed by atoms with Crippen LogP contribution in [-0.4, -0.2) is 4.98 Å². The highest BCUT2D eigenvalue weighted by Gasteiger charge is 2.25. The van der Waals surface area contributed by atoms with Gasteiger partial charge in [-0.1, -0.05) is 12.1 Å². The van der Waals surface area contributed by atoms with E-state index < -0.39 is 5.92 Å². The van der Waals surface area contributed by atoms with Crippen LogP contribution in [0.5, 0.6) is 0 Å². The average molecular weight is 259 g/mol. The van der Waals surface area contributed by atoms with E-state index in [2.05, 4.69) is 4.98 Å².